The first kappa shape index (κ1) is 37.6. The van der Waals surface area contributed by atoms with Gasteiger partial charge in [0.05, 0.1) is 39.4 Å². The van der Waals surface area contributed by atoms with E-state index in [1.54, 1.807) is 6.08 Å². The number of phenolic OH excluding ortho intramolecular Hbond substituents is 1. The fourth-order valence-corrected chi connectivity index (χ4v) is 9.31. The third kappa shape index (κ3) is 5.60. The van der Waals surface area contributed by atoms with Gasteiger partial charge in [0.1, 0.15) is 0 Å². The van der Waals surface area contributed by atoms with Crippen LogP contribution in [0.5, 0.6) is 5.75 Å². The van der Waals surface area contributed by atoms with Gasteiger partial charge >= 0.3 is 13.3 Å². The lowest BCUT2D eigenvalue weighted by atomic mass is 9.49. The maximum Gasteiger partial charge on any atom is 0.488 e. The number of benzene rings is 3. The molecule has 0 radical (unpaired) electrons. The number of allylic oxidation sites excluding steroid dienone is 2. The van der Waals surface area contributed by atoms with Crippen LogP contribution < -0.4 is 15.8 Å². The summed E-state index contributed by atoms with van der Waals surface area (Å²) in [4.78, 5) is 63.1. The Morgan fingerprint density at radius 3 is 2.30 bits per heavy atom. The van der Waals surface area contributed by atoms with Gasteiger partial charge in [0.2, 0.25) is 11.8 Å². The summed E-state index contributed by atoms with van der Waals surface area (Å²) in [5.41, 5.74) is -0.0952. The smallest absolute Gasteiger partial charge is 0.488 e. The Bertz CT molecular complexity index is 2380. The van der Waals surface area contributed by atoms with Crippen molar-refractivity contribution in [1.82, 2.24) is 9.99 Å². The molecule has 3 heterocycles. The second-order valence-electron chi connectivity index (χ2n) is 14.1. The number of nitrogens with zero attached hydrogens (tertiary/aromatic N) is 3. The molecule has 6 unspecified atom stereocenters. The number of aromatic hydroxyl groups is 1. The Hall–Kier alpha value is -5.29. The number of hydrogen-bond donors (Lipinski definition) is 4. The fourth-order valence-electron chi connectivity index (χ4n) is 8.97. The van der Waals surface area contributed by atoms with E-state index in [0.29, 0.717) is 22.8 Å². The molecule has 11 nitrogen and oxygen atoms in total. The van der Waals surface area contributed by atoms with E-state index in [0.717, 1.165) is 11.0 Å². The van der Waals surface area contributed by atoms with Gasteiger partial charge in [-0.1, -0.05) is 71.2 Å². The Morgan fingerprint density at radius 2 is 1.62 bits per heavy atom. The number of fused-ring (bicyclic) bond motifs is 4. The Kier molecular flexibility index (Phi) is 9.03. The number of hydrogen-bond acceptors (Lipinski definition) is 9. The summed E-state index contributed by atoms with van der Waals surface area (Å²) in [5.74, 6) is -11.2. The molecule has 2 aliphatic carbocycles. The van der Waals surface area contributed by atoms with Gasteiger partial charge in [-0.05, 0) is 66.2 Å². The summed E-state index contributed by atoms with van der Waals surface area (Å²) in [5, 5.41) is 31.2. The third-order valence-electron chi connectivity index (χ3n) is 11.3. The molecule has 0 bridgehead atoms. The number of aromatic nitrogens is 1. The van der Waals surface area contributed by atoms with E-state index in [2.05, 4.69) is 10.4 Å². The molecule has 3 fully saturated rings. The van der Waals surface area contributed by atoms with Crippen LogP contribution in [0.1, 0.15) is 35.4 Å². The van der Waals surface area contributed by atoms with Crippen molar-refractivity contribution in [2.45, 2.75) is 30.4 Å². The number of carbonyl (C=O) groups is 4. The van der Waals surface area contributed by atoms with Crippen LogP contribution in [0.4, 0.5) is 29.1 Å². The van der Waals surface area contributed by atoms with Crippen LogP contribution >= 0.6 is 23.2 Å². The van der Waals surface area contributed by atoms with Crippen molar-refractivity contribution in [1.29, 1.82) is 0 Å². The van der Waals surface area contributed by atoms with E-state index >= 15 is 9.18 Å². The molecule has 4 N–H and O–H groups in total. The van der Waals surface area contributed by atoms with Gasteiger partial charge in [-0.3, -0.25) is 29.5 Å². The number of phenols is 1. The molecule has 4 aliphatic rings. The van der Waals surface area contributed by atoms with Gasteiger partial charge in [0.15, 0.2) is 17.4 Å². The van der Waals surface area contributed by atoms with E-state index in [4.69, 9.17) is 23.2 Å². The highest BCUT2D eigenvalue weighted by Crippen LogP contribution is 2.65. The molecule has 2 aliphatic heterocycles. The minimum absolute atomic E-state index is 0.0224. The van der Waals surface area contributed by atoms with Gasteiger partial charge in [-0.2, -0.15) is 18.2 Å². The second kappa shape index (κ2) is 13.4. The molecule has 18 heteroatoms. The van der Waals surface area contributed by atoms with Crippen LogP contribution in [0.25, 0.3) is 0 Å². The highest BCUT2D eigenvalue weighted by Gasteiger charge is 2.71. The molecule has 4 aromatic rings. The molecule has 286 valence electrons. The Balaban J connectivity index is 1.31. The first-order valence-electron chi connectivity index (χ1n) is 17.2. The number of alkyl halides is 3. The van der Waals surface area contributed by atoms with Crippen LogP contribution in [0.15, 0.2) is 90.6 Å². The zero-order chi connectivity index (χ0) is 40.0. The zero-order valence-corrected chi connectivity index (χ0v) is 30.1. The van der Waals surface area contributed by atoms with Crippen LogP contribution in [-0.2, 0) is 30.8 Å². The molecular formula is C38H27BCl2F4N4O7. The van der Waals surface area contributed by atoms with Crippen molar-refractivity contribution in [3.8, 4) is 5.75 Å². The van der Waals surface area contributed by atoms with Crippen molar-refractivity contribution < 1.29 is 51.9 Å². The van der Waals surface area contributed by atoms with Gasteiger partial charge in [-0.25, -0.2) is 9.37 Å². The number of imide groups is 2. The van der Waals surface area contributed by atoms with Crippen molar-refractivity contribution in [3.63, 3.8) is 0 Å². The standard InChI is InChI=1S/C38H27BCl2F4N4O7/c40-20-9-7-17(8-10-20)37-26(34(52)49(36(37)54)47-32-27(41)13-18(16-46-32)38(43,44)45)15-25-22(30(37)24-5-2-6-28(42)31(24)50)11-12-23-29(25)35(53)48(33(23)51)21-4-1-3-19(14-21)39(55)56/h1-11,13-14,16,23,25-26,29-30,50,55-56H,12,15H2,(H,46,47). The van der Waals surface area contributed by atoms with Crippen LogP contribution in [0.3, 0.4) is 0 Å². The highest BCUT2D eigenvalue weighted by molar-refractivity contribution is 6.58. The third-order valence-corrected chi connectivity index (χ3v) is 11.9. The van der Waals surface area contributed by atoms with Crippen molar-refractivity contribution in [3.05, 3.63) is 123 Å². The number of rotatable bonds is 6. The number of pyridine rings is 1. The molecule has 1 saturated carbocycles. The number of para-hydroxylation sites is 1. The predicted octanol–water partition coefficient (Wildman–Crippen LogP) is 5.12. The zero-order valence-electron chi connectivity index (χ0n) is 28.5. The van der Waals surface area contributed by atoms with Gasteiger partial charge in [-0.15, -0.1) is 0 Å². The largest absolute Gasteiger partial charge is 0.505 e. The number of nitrogens with one attached hydrogen (secondary N) is 1. The van der Waals surface area contributed by atoms with E-state index in [1.807, 2.05) is 0 Å². The molecular weight excluding hydrogens is 782 g/mol. The Morgan fingerprint density at radius 1 is 0.911 bits per heavy atom. The van der Waals surface area contributed by atoms with Gasteiger partial charge in [0, 0.05) is 22.7 Å². The van der Waals surface area contributed by atoms with Crippen molar-refractivity contribution >= 4 is 70.9 Å². The second-order valence-corrected chi connectivity index (χ2v) is 14.9. The number of halogens is 6. The highest BCUT2D eigenvalue weighted by atomic mass is 35.5. The van der Waals surface area contributed by atoms with Crippen LogP contribution in [-0.4, -0.2) is 55.9 Å². The lowest BCUT2D eigenvalue weighted by molar-refractivity contribution is -0.139. The molecule has 56 heavy (non-hydrogen) atoms. The van der Waals surface area contributed by atoms with Crippen LogP contribution in [0, 0.1) is 29.5 Å². The first-order chi connectivity index (χ1) is 26.5. The lowest BCUT2D eigenvalue weighted by Crippen LogP contribution is -2.53. The Labute approximate surface area is 325 Å². The maximum absolute atomic E-state index is 15.3. The molecule has 2 saturated heterocycles. The molecule has 6 atom stereocenters. The van der Waals surface area contributed by atoms with Gasteiger partial charge < -0.3 is 15.2 Å². The molecule has 8 rings (SSSR count). The van der Waals surface area contributed by atoms with Gasteiger partial charge in [0.25, 0.3) is 11.8 Å². The number of anilines is 2. The SMILES string of the molecule is O=C1C2CC3C(=CCC4C(=O)N(c5cccc(B(O)O)c5)C(=O)C43)C(c3cccc(F)c3O)C2(c2ccc(Cl)cc2)C(=O)N1Nc1ncc(C(F)(F)F)cc1Cl. The molecule has 4 amide bonds. The average molecular weight is 809 g/mol. The van der Waals surface area contributed by atoms with Crippen LogP contribution in [0.2, 0.25) is 10.0 Å². The minimum Gasteiger partial charge on any atom is -0.505 e. The fraction of sp³-hybridized carbons (Fsp3) is 0.237. The summed E-state index contributed by atoms with van der Waals surface area (Å²) in [6.45, 7) is 0. The summed E-state index contributed by atoms with van der Waals surface area (Å²) in [6, 6.07) is 15.8. The number of amides is 4. The summed E-state index contributed by atoms with van der Waals surface area (Å²) in [6.07, 6.45) is -2.91. The monoisotopic (exact) mass is 808 g/mol. The van der Waals surface area contributed by atoms with Crippen molar-refractivity contribution in [2.24, 2.45) is 23.7 Å². The molecule has 1 aromatic heterocycles. The number of hydrazine groups is 1. The van der Waals surface area contributed by atoms with Crippen molar-refractivity contribution in [2.75, 3.05) is 10.3 Å². The maximum atomic E-state index is 15.3. The summed E-state index contributed by atoms with van der Waals surface area (Å²) >= 11 is 12.5. The van der Waals surface area contributed by atoms with E-state index < -0.39 is 99.9 Å². The first-order valence-corrected chi connectivity index (χ1v) is 18.0. The summed E-state index contributed by atoms with van der Waals surface area (Å²) in [7, 11) is -1.90. The van der Waals surface area contributed by atoms with E-state index in [1.165, 1.54) is 60.7 Å². The molecule has 0 spiro atoms. The predicted molar refractivity (Wildman–Crippen MR) is 194 cm³/mol. The topological polar surface area (TPSA) is 160 Å². The quantitative estimate of drug-likeness (QED) is 0.0898. The van der Waals surface area contributed by atoms with E-state index in [-0.39, 0.29) is 40.1 Å². The lowest BCUT2D eigenvalue weighted by Gasteiger charge is -2.50. The normalized spacial score (nSPS) is 25.9. The number of carbonyl (C=O) groups excluding carboxylic acids is 4. The minimum atomic E-state index is -4.80. The summed E-state index contributed by atoms with van der Waals surface area (Å²) < 4.78 is 55.7. The average Bonchev–Trinajstić information content (AvgIpc) is 3.54. The van der Waals surface area contributed by atoms with E-state index in [9.17, 15) is 42.7 Å². The molecule has 3 aromatic carbocycles.